The standard InChI is InChI=1S/C5H7N2S2/c1-3-4-6-7-5(8-2)9-4/h1,3H2,2H3. The Morgan fingerprint density at radius 1 is 1.67 bits per heavy atom. The maximum absolute atomic E-state index is 3.90. The van der Waals surface area contributed by atoms with E-state index in [2.05, 4.69) is 17.1 Å². The van der Waals surface area contributed by atoms with Crippen LogP contribution in [-0.2, 0) is 6.42 Å². The summed E-state index contributed by atoms with van der Waals surface area (Å²) in [6.45, 7) is 3.70. The van der Waals surface area contributed by atoms with Gasteiger partial charge in [-0.15, -0.1) is 10.2 Å². The fourth-order valence-electron chi connectivity index (χ4n) is 0.422. The quantitative estimate of drug-likeness (QED) is 0.613. The Labute approximate surface area is 62.7 Å². The van der Waals surface area contributed by atoms with Crippen LogP contribution in [0.1, 0.15) is 5.01 Å². The van der Waals surface area contributed by atoms with Gasteiger partial charge < -0.3 is 0 Å². The lowest BCUT2D eigenvalue weighted by Gasteiger charge is -1.78. The van der Waals surface area contributed by atoms with Gasteiger partial charge in [0.1, 0.15) is 5.01 Å². The monoisotopic (exact) mass is 159 g/mol. The maximum atomic E-state index is 3.90. The zero-order valence-corrected chi connectivity index (χ0v) is 6.76. The van der Waals surface area contributed by atoms with E-state index in [9.17, 15) is 0 Å². The Morgan fingerprint density at radius 3 is 2.78 bits per heavy atom. The van der Waals surface area contributed by atoms with E-state index in [1.54, 1.807) is 23.1 Å². The van der Waals surface area contributed by atoms with Crippen LogP contribution in [0.3, 0.4) is 0 Å². The summed E-state index contributed by atoms with van der Waals surface area (Å²) in [6, 6.07) is 0. The third kappa shape index (κ3) is 1.66. The molecule has 0 fully saturated rings. The molecule has 4 heteroatoms. The van der Waals surface area contributed by atoms with Crippen LogP contribution in [0.25, 0.3) is 0 Å². The smallest absolute Gasteiger partial charge is 0.143 e. The highest BCUT2D eigenvalue weighted by Gasteiger charge is 1.97. The largest absolute Gasteiger partial charge is 0.174 e. The minimum atomic E-state index is 0.748. The molecule has 0 aliphatic carbocycles. The molecule has 1 aromatic heterocycles. The van der Waals surface area contributed by atoms with E-state index in [0.29, 0.717) is 0 Å². The first kappa shape index (κ1) is 7.02. The normalized spacial score (nSPS) is 10.0. The molecule has 1 heterocycles. The molecule has 1 rings (SSSR count). The molecular weight excluding hydrogens is 152 g/mol. The van der Waals surface area contributed by atoms with E-state index in [-0.39, 0.29) is 0 Å². The van der Waals surface area contributed by atoms with Crippen molar-refractivity contribution in [3.8, 4) is 0 Å². The Hall–Kier alpha value is -0.0900. The third-order valence-corrected chi connectivity index (χ3v) is 2.80. The van der Waals surface area contributed by atoms with Crippen molar-refractivity contribution in [1.29, 1.82) is 0 Å². The molecular formula is C5H7N2S2. The first-order valence-electron chi connectivity index (χ1n) is 2.52. The molecule has 0 atom stereocenters. The molecule has 0 amide bonds. The molecule has 0 N–H and O–H groups in total. The van der Waals surface area contributed by atoms with E-state index in [4.69, 9.17) is 0 Å². The molecule has 49 valence electrons. The van der Waals surface area contributed by atoms with Gasteiger partial charge in [0, 0.05) is 6.42 Å². The summed E-state index contributed by atoms with van der Waals surface area (Å²) in [5, 5.41) is 8.80. The molecule has 0 aliphatic heterocycles. The summed E-state index contributed by atoms with van der Waals surface area (Å²) in [5.41, 5.74) is 0. The van der Waals surface area contributed by atoms with Crippen LogP contribution in [-0.4, -0.2) is 16.5 Å². The number of hydrogen-bond acceptors (Lipinski definition) is 4. The van der Waals surface area contributed by atoms with Crippen molar-refractivity contribution < 1.29 is 0 Å². The SMILES string of the molecule is [CH2]Cc1nnc(SC)s1. The molecule has 0 unspecified atom stereocenters. The van der Waals surface area contributed by atoms with E-state index < -0.39 is 0 Å². The van der Waals surface area contributed by atoms with Gasteiger partial charge in [-0.05, 0) is 13.2 Å². The minimum Gasteiger partial charge on any atom is -0.143 e. The van der Waals surface area contributed by atoms with E-state index >= 15 is 0 Å². The van der Waals surface area contributed by atoms with E-state index in [1.807, 2.05) is 6.26 Å². The maximum Gasteiger partial charge on any atom is 0.174 e. The van der Waals surface area contributed by atoms with Gasteiger partial charge in [0.15, 0.2) is 4.34 Å². The summed E-state index contributed by atoms with van der Waals surface area (Å²) in [5.74, 6) is 0. The number of thioether (sulfide) groups is 1. The fraction of sp³-hybridized carbons (Fsp3) is 0.400. The van der Waals surface area contributed by atoms with Crippen LogP contribution < -0.4 is 0 Å². The zero-order chi connectivity index (χ0) is 6.69. The van der Waals surface area contributed by atoms with Crippen molar-refractivity contribution in [2.45, 2.75) is 10.8 Å². The second-order valence-corrected chi connectivity index (χ2v) is 3.53. The Balaban J connectivity index is 2.74. The molecule has 0 aliphatic rings. The number of rotatable bonds is 2. The average Bonchev–Trinajstić information content (AvgIpc) is 2.34. The van der Waals surface area contributed by atoms with Crippen molar-refractivity contribution in [2.75, 3.05) is 6.26 Å². The second kappa shape index (κ2) is 3.17. The van der Waals surface area contributed by atoms with Crippen LogP contribution in [0.4, 0.5) is 0 Å². The molecule has 0 spiro atoms. The topological polar surface area (TPSA) is 25.8 Å². The molecule has 0 saturated carbocycles. The third-order valence-electron chi connectivity index (χ3n) is 0.837. The van der Waals surface area contributed by atoms with Gasteiger partial charge in [-0.3, -0.25) is 0 Å². The Morgan fingerprint density at radius 2 is 2.44 bits per heavy atom. The predicted octanol–water partition coefficient (Wildman–Crippen LogP) is 1.64. The van der Waals surface area contributed by atoms with Gasteiger partial charge in [0.25, 0.3) is 0 Å². The van der Waals surface area contributed by atoms with Gasteiger partial charge in [-0.25, -0.2) is 0 Å². The van der Waals surface area contributed by atoms with Gasteiger partial charge in [-0.1, -0.05) is 23.1 Å². The summed E-state index contributed by atoms with van der Waals surface area (Å²) < 4.78 is 1.02. The van der Waals surface area contributed by atoms with Gasteiger partial charge in [0.05, 0.1) is 0 Å². The van der Waals surface area contributed by atoms with Crippen LogP contribution >= 0.6 is 23.1 Å². The number of aromatic nitrogens is 2. The molecule has 0 bridgehead atoms. The predicted molar refractivity (Wildman–Crippen MR) is 40.8 cm³/mol. The van der Waals surface area contributed by atoms with Crippen molar-refractivity contribution >= 4 is 23.1 Å². The highest BCUT2D eigenvalue weighted by molar-refractivity contribution is 8.00. The molecule has 0 saturated heterocycles. The second-order valence-electron chi connectivity index (χ2n) is 1.42. The molecule has 9 heavy (non-hydrogen) atoms. The average molecular weight is 159 g/mol. The molecule has 1 radical (unpaired) electrons. The summed E-state index contributed by atoms with van der Waals surface area (Å²) in [6.07, 6.45) is 2.74. The fourth-order valence-corrected chi connectivity index (χ4v) is 1.63. The number of hydrogen-bond donors (Lipinski definition) is 0. The van der Waals surface area contributed by atoms with Gasteiger partial charge in [0.2, 0.25) is 0 Å². The van der Waals surface area contributed by atoms with Crippen LogP contribution in [0.15, 0.2) is 4.34 Å². The van der Waals surface area contributed by atoms with Crippen molar-refractivity contribution in [1.82, 2.24) is 10.2 Å². The van der Waals surface area contributed by atoms with Crippen molar-refractivity contribution in [2.24, 2.45) is 0 Å². The van der Waals surface area contributed by atoms with Crippen molar-refractivity contribution in [3.05, 3.63) is 11.9 Å². The molecule has 0 aromatic carbocycles. The minimum absolute atomic E-state index is 0.748. The lowest BCUT2D eigenvalue weighted by atomic mass is 10.5. The summed E-state index contributed by atoms with van der Waals surface area (Å²) >= 11 is 3.23. The highest BCUT2D eigenvalue weighted by atomic mass is 32.2. The highest BCUT2D eigenvalue weighted by Crippen LogP contribution is 2.19. The van der Waals surface area contributed by atoms with E-state index in [1.165, 1.54) is 0 Å². The summed E-state index contributed by atoms with van der Waals surface area (Å²) in [4.78, 5) is 0. The Bertz CT molecular complexity index is 166. The zero-order valence-electron chi connectivity index (χ0n) is 5.13. The lowest BCUT2D eigenvalue weighted by Crippen LogP contribution is -1.75. The summed E-state index contributed by atoms with van der Waals surface area (Å²) in [7, 11) is 0. The van der Waals surface area contributed by atoms with E-state index in [0.717, 1.165) is 15.8 Å². The number of nitrogens with zero attached hydrogens (tertiary/aromatic N) is 2. The van der Waals surface area contributed by atoms with Crippen LogP contribution in [0.5, 0.6) is 0 Å². The van der Waals surface area contributed by atoms with Gasteiger partial charge >= 0.3 is 0 Å². The first-order valence-corrected chi connectivity index (χ1v) is 4.56. The first-order chi connectivity index (χ1) is 4.36. The molecule has 1 aromatic rings. The molecule has 2 nitrogen and oxygen atoms in total. The lowest BCUT2D eigenvalue weighted by molar-refractivity contribution is 0.965. The van der Waals surface area contributed by atoms with Crippen LogP contribution in [0.2, 0.25) is 0 Å². The Kier molecular flexibility index (Phi) is 2.48. The van der Waals surface area contributed by atoms with Gasteiger partial charge in [-0.2, -0.15) is 0 Å². The van der Waals surface area contributed by atoms with Crippen molar-refractivity contribution in [3.63, 3.8) is 0 Å². The van der Waals surface area contributed by atoms with Crippen LogP contribution in [0, 0.1) is 6.92 Å².